The van der Waals surface area contributed by atoms with Crippen molar-refractivity contribution in [2.45, 2.75) is 38.0 Å². The van der Waals surface area contributed by atoms with Gasteiger partial charge < -0.3 is 4.84 Å². The van der Waals surface area contributed by atoms with Crippen LogP contribution in [0.2, 0.25) is 0 Å². The molecule has 0 saturated heterocycles. The van der Waals surface area contributed by atoms with E-state index in [4.69, 9.17) is 4.84 Å². The van der Waals surface area contributed by atoms with E-state index in [1.54, 1.807) is 43.6 Å². The molecule has 0 spiro atoms. The van der Waals surface area contributed by atoms with E-state index in [1.807, 2.05) is 24.3 Å². The number of alkyl halides is 3. The molecule has 4 heterocycles. The summed E-state index contributed by atoms with van der Waals surface area (Å²) in [6, 6.07) is 18.4. The van der Waals surface area contributed by atoms with Gasteiger partial charge in [0.2, 0.25) is 0 Å². The van der Waals surface area contributed by atoms with Gasteiger partial charge in [-0.25, -0.2) is 0 Å². The molecule has 5 rings (SSSR count). The molecule has 0 aliphatic carbocycles. The highest BCUT2D eigenvalue weighted by atomic mass is 19.4. The third-order valence-electron chi connectivity index (χ3n) is 6.61. The van der Waals surface area contributed by atoms with Gasteiger partial charge in [0.25, 0.3) is 0 Å². The molecule has 0 bridgehead atoms. The molecule has 1 unspecified atom stereocenters. The second-order valence-electron chi connectivity index (χ2n) is 9.40. The summed E-state index contributed by atoms with van der Waals surface area (Å²) in [7, 11) is 0. The predicted octanol–water partition coefficient (Wildman–Crippen LogP) is 6.67. The Kier molecular flexibility index (Phi) is 7.38. The third kappa shape index (κ3) is 5.73. The van der Waals surface area contributed by atoms with Crippen molar-refractivity contribution in [2.24, 2.45) is 5.16 Å². The van der Waals surface area contributed by atoms with Crippen LogP contribution in [0, 0.1) is 11.3 Å². The summed E-state index contributed by atoms with van der Waals surface area (Å²) in [5, 5.41) is 13.9. The Morgan fingerprint density at radius 3 is 2.55 bits per heavy atom. The van der Waals surface area contributed by atoms with E-state index in [-0.39, 0.29) is 24.2 Å². The van der Waals surface area contributed by atoms with Crippen LogP contribution in [-0.4, -0.2) is 26.4 Å². The maximum absolute atomic E-state index is 13.5. The van der Waals surface area contributed by atoms with Gasteiger partial charge in [-0.3, -0.25) is 19.7 Å². The van der Waals surface area contributed by atoms with Crippen LogP contribution in [-0.2, 0) is 11.0 Å². The molecule has 40 heavy (non-hydrogen) atoms. The second-order valence-corrected chi connectivity index (χ2v) is 9.40. The molecule has 1 aliphatic rings. The largest absolute Gasteiger partial charge is 0.433 e. The first-order valence-corrected chi connectivity index (χ1v) is 12.4. The van der Waals surface area contributed by atoms with Gasteiger partial charge in [0, 0.05) is 48.1 Å². The zero-order valence-electron chi connectivity index (χ0n) is 21.3. The molecule has 0 radical (unpaired) electrons. The number of nitriles is 1. The van der Waals surface area contributed by atoms with Gasteiger partial charge in [0.05, 0.1) is 22.7 Å². The molecule has 0 N–H and O–H groups in total. The summed E-state index contributed by atoms with van der Waals surface area (Å²) in [6.45, 7) is 1.76. The van der Waals surface area contributed by atoms with Gasteiger partial charge in [-0.2, -0.15) is 18.4 Å². The third-order valence-corrected chi connectivity index (χ3v) is 6.61. The Bertz CT molecular complexity index is 1610. The van der Waals surface area contributed by atoms with Crippen molar-refractivity contribution in [3.05, 3.63) is 113 Å². The molecular formula is C30H22F3N5O2. The van der Waals surface area contributed by atoms with Crippen LogP contribution in [0.5, 0.6) is 0 Å². The van der Waals surface area contributed by atoms with E-state index in [9.17, 15) is 23.2 Å². The number of nitrogens with zero attached hydrogens (tertiary/aromatic N) is 5. The molecule has 10 heteroatoms. The van der Waals surface area contributed by atoms with E-state index in [0.717, 1.165) is 18.0 Å². The molecule has 0 fully saturated rings. The quantitative estimate of drug-likeness (QED) is 0.242. The van der Waals surface area contributed by atoms with Crippen LogP contribution < -0.4 is 0 Å². The Balaban J connectivity index is 1.46. The monoisotopic (exact) mass is 541 g/mol. The van der Waals surface area contributed by atoms with Gasteiger partial charge in [-0.1, -0.05) is 24.2 Å². The first kappa shape index (κ1) is 26.7. The number of Topliss-reactive ketones (excluding diaryl/α,β-unsaturated/α-hetero) is 1. The number of hydrogen-bond acceptors (Lipinski definition) is 7. The Hall–Kier alpha value is -4.91. The summed E-state index contributed by atoms with van der Waals surface area (Å²) in [5.74, 6) is -0.620. The SMILES string of the molecule is C[C@@H](CC(=O)c1cc(C2=NOC(c3ccccn3)C2)cc(-c2ncccc2C#N)c1)c1ccc(C(F)(F)F)nc1. The van der Waals surface area contributed by atoms with Gasteiger partial charge >= 0.3 is 6.18 Å². The topological polar surface area (TPSA) is 101 Å². The molecule has 0 saturated carbocycles. The van der Waals surface area contributed by atoms with E-state index >= 15 is 0 Å². The fourth-order valence-corrected chi connectivity index (χ4v) is 4.47. The minimum Gasteiger partial charge on any atom is -0.385 e. The van der Waals surface area contributed by atoms with Crippen LogP contribution in [0.4, 0.5) is 13.2 Å². The maximum atomic E-state index is 13.5. The molecule has 2 atom stereocenters. The van der Waals surface area contributed by atoms with E-state index < -0.39 is 11.9 Å². The number of oxime groups is 1. The molecule has 1 aromatic carbocycles. The number of hydrogen-bond donors (Lipinski definition) is 0. The van der Waals surface area contributed by atoms with Crippen molar-refractivity contribution in [3.8, 4) is 17.3 Å². The van der Waals surface area contributed by atoms with Crippen molar-refractivity contribution in [1.29, 1.82) is 5.26 Å². The zero-order chi connectivity index (χ0) is 28.3. The summed E-state index contributed by atoms with van der Waals surface area (Å²) in [6.07, 6.45) is -0.0698. The number of aromatic nitrogens is 3. The number of rotatable bonds is 7. The average Bonchev–Trinajstić information content (AvgIpc) is 3.47. The fourth-order valence-electron chi connectivity index (χ4n) is 4.47. The van der Waals surface area contributed by atoms with Crippen LogP contribution in [0.15, 0.2) is 84.4 Å². The van der Waals surface area contributed by atoms with E-state index in [0.29, 0.717) is 45.6 Å². The highest BCUT2D eigenvalue weighted by Crippen LogP contribution is 2.33. The second kappa shape index (κ2) is 11.1. The summed E-state index contributed by atoms with van der Waals surface area (Å²) < 4.78 is 38.7. The average molecular weight is 542 g/mol. The molecule has 3 aromatic heterocycles. The molecule has 7 nitrogen and oxygen atoms in total. The van der Waals surface area contributed by atoms with Crippen molar-refractivity contribution >= 4 is 11.5 Å². The zero-order valence-corrected chi connectivity index (χ0v) is 21.3. The minimum atomic E-state index is -4.54. The minimum absolute atomic E-state index is 0.0306. The number of carbonyl (C=O) groups is 1. The maximum Gasteiger partial charge on any atom is 0.433 e. The van der Waals surface area contributed by atoms with Gasteiger partial charge in [0.1, 0.15) is 11.8 Å². The summed E-state index contributed by atoms with van der Waals surface area (Å²) >= 11 is 0. The number of carbonyl (C=O) groups excluding carboxylic acids is 1. The standard InChI is InChI=1S/C30H22F3N5O2/c1-18(20-7-8-28(37-17-20)30(31,32)33)11-26(39)22-12-21(13-23(14-22)29-19(16-34)5-4-10-36-29)25-15-27(40-38-25)24-6-2-3-9-35-24/h2-10,12-14,17-18,27H,11,15H2,1H3/t18-,27?/m0/s1. The van der Waals surface area contributed by atoms with E-state index in [2.05, 4.69) is 26.2 Å². The number of halogens is 3. The molecule has 4 aromatic rings. The normalized spacial score (nSPS) is 15.6. The van der Waals surface area contributed by atoms with Crippen molar-refractivity contribution in [1.82, 2.24) is 15.0 Å². The lowest BCUT2D eigenvalue weighted by atomic mass is 9.90. The number of pyridine rings is 3. The van der Waals surface area contributed by atoms with Gasteiger partial charge in [-0.15, -0.1) is 0 Å². The first-order chi connectivity index (χ1) is 19.2. The highest BCUT2D eigenvalue weighted by Gasteiger charge is 2.32. The fraction of sp³-hybridized carbons (Fsp3) is 0.200. The molecular weight excluding hydrogens is 519 g/mol. The van der Waals surface area contributed by atoms with Gasteiger partial charge in [0.15, 0.2) is 11.9 Å². The molecule has 0 amide bonds. The molecule has 200 valence electrons. The lowest BCUT2D eigenvalue weighted by Crippen LogP contribution is -2.10. The van der Waals surface area contributed by atoms with Crippen molar-refractivity contribution < 1.29 is 22.8 Å². The van der Waals surface area contributed by atoms with Crippen LogP contribution in [0.1, 0.15) is 70.2 Å². The Labute approximate surface area is 228 Å². The van der Waals surface area contributed by atoms with Crippen LogP contribution in [0.25, 0.3) is 11.3 Å². The van der Waals surface area contributed by atoms with Crippen LogP contribution >= 0.6 is 0 Å². The van der Waals surface area contributed by atoms with Crippen molar-refractivity contribution in [3.63, 3.8) is 0 Å². The van der Waals surface area contributed by atoms with E-state index in [1.165, 1.54) is 6.07 Å². The summed E-state index contributed by atoms with van der Waals surface area (Å²) in [5.41, 5.74) is 3.19. The number of ketones is 1. The Morgan fingerprint density at radius 2 is 1.85 bits per heavy atom. The number of benzene rings is 1. The molecule has 1 aliphatic heterocycles. The Morgan fingerprint density at radius 1 is 1.05 bits per heavy atom. The highest BCUT2D eigenvalue weighted by molar-refractivity contribution is 6.06. The van der Waals surface area contributed by atoms with Crippen molar-refractivity contribution in [2.75, 3.05) is 0 Å². The predicted molar refractivity (Wildman–Crippen MR) is 140 cm³/mol. The summed E-state index contributed by atoms with van der Waals surface area (Å²) in [4.78, 5) is 31.3. The smallest absolute Gasteiger partial charge is 0.385 e. The lowest BCUT2D eigenvalue weighted by Gasteiger charge is -2.14. The lowest BCUT2D eigenvalue weighted by molar-refractivity contribution is -0.141. The van der Waals surface area contributed by atoms with Gasteiger partial charge in [-0.05, 0) is 60.0 Å². The first-order valence-electron chi connectivity index (χ1n) is 12.4. The van der Waals surface area contributed by atoms with Crippen LogP contribution in [0.3, 0.4) is 0 Å².